The SMILES string of the molecule is CC/C=C/c1nc2cccc(F)c2nc1N. The van der Waals surface area contributed by atoms with E-state index < -0.39 is 5.82 Å². The molecule has 2 N–H and O–H groups in total. The van der Waals surface area contributed by atoms with Crippen LogP contribution >= 0.6 is 0 Å². The molecule has 0 fully saturated rings. The van der Waals surface area contributed by atoms with Crippen LogP contribution in [-0.2, 0) is 0 Å². The van der Waals surface area contributed by atoms with Crippen molar-refractivity contribution in [1.82, 2.24) is 9.97 Å². The first-order valence-corrected chi connectivity index (χ1v) is 5.10. The largest absolute Gasteiger partial charge is 0.382 e. The number of nitrogen functional groups attached to an aromatic ring is 1. The lowest BCUT2D eigenvalue weighted by Gasteiger charge is -2.02. The molecule has 0 unspecified atom stereocenters. The monoisotopic (exact) mass is 217 g/mol. The molecule has 0 aliphatic carbocycles. The van der Waals surface area contributed by atoms with Crippen LogP contribution in [0.4, 0.5) is 10.2 Å². The summed E-state index contributed by atoms with van der Waals surface area (Å²) in [5, 5.41) is 0. The molecule has 0 aliphatic heterocycles. The van der Waals surface area contributed by atoms with E-state index in [1.165, 1.54) is 6.07 Å². The van der Waals surface area contributed by atoms with Gasteiger partial charge in [-0.05, 0) is 24.6 Å². The lowest BCUT2D eigenvalue weighted by atomic mass is 10.2. The molecular formula is C12H12FN3. The molecule has 1 aromatic heterocycles. The number of nitrogens with zero attached hydrogens (tertiary/aromatic N) is 2. The number of hydrogen-bond donors (Lipinski definition) is 1. The summed E-state index contributed by atoms with van der Waals surface area (Å²) in [5.74, 6) is -0.148. The molecule has 4 heteroatoms. The third-order valence-corrected chi connectivity index (χ3v) is 2.21. The Morgan fingerprint density at radius 3 is 2.94 bits per heavy atom. The van der Waals surface area contributed by atoms with Crippen LogP contribution in [0.25, 0.3) is 17.1 Å². The normalized spacial score (nSPS) is 11.4. The van der Waals surface area contributed by atoms with Crippen molar-refractivity contribution in [2.24, 2.45) is 0 Å². The van der Waals surface area contributed by atoms with E-state index in [1.54, 1.807) is 18.2 Å². The van der Waals surface area contributed by atoms with Crippen molar-refractivity contribution in [3.8, 4) is 0 Å². The van der Waals surface area contributed by atoms with Crippen LogP contribution in [0.1, 0.15) is 19.0 Å². The first-order valence-electron chi connectivity index (χ1n) is 5.10. The molecule has 82 valence electrons. The lowest BCUT2D eigenvalue weighted by Crippen LogP contribution is -1.99. The molecule has 2 aromatic rings. The van der Waals surface area contributed by atoms with Crippen molar-refractivity contribution in [1.29, 1.82) is 0 Å². The van der Waals surface area contributed by atoms with Crippen molar-refractivity contribution in [2.75, 3.05) is 5.73 Å². The summed E-state index contributed by atoms with van der Waals surface area (Å²) in [6.07, 6.45) is 4.63. The fourth-order valence-corrected chi connectivity index (χ4v) is 1.42. The van der Waals surface area contributed by atoms with E-state index in [4.69, 9.17) is 5.73 Å². The number of halogens is 1. The highest BCUT2D eigenvalue weighted by Gasteiger charge is 2.06. The molecule has 0 aliphatic rings. The van der Waals surface area contributed by atoms with Crippen LogP contribution in [0.15, 0.2) is 24.3 Å². The van der Waals surface area contributed by atoms with Gasteiger partial charge in [-0.3, -0.25) is 0 Å². The summed E-state index contributed by atoms with van der Waals surface area (Å²) < 4.78 is 13.4. The molecule has 0 amide bonds. The highest BCUT2D eigenvalue weighted by molar-refractivity contribution is 5.78. The second-order valence-electron chi connectivity index (χ2n) is 3.41. The molecule has 0 atom stereocenters. The smallest absolute Gasteiger partial charge is 0.151 e. The average Bonchev–Trinajstić information content (AvgIpc) is 2.28. The Hall–Kier alpha value is -1.97. The van der Waals surface area contributed by atoms with Gasteiger partial charge in [0, 0.05) is 0 Å². The Bertz CT molecular complexity index is 549. The highest BCUT2D eigenvalue weighted by Crippen LogP contribution is 2.18. The van der Waals surface area contributed by atoms with Crippen molar-refractivity contribution >= 4 is 22.9 Å². The van der Waals surface area contributed by atoms with Crippen molar-refractivity contribution in [2.45, 2.75) is 13.3 Å². The summed E-state index contributed by atoms with van der Waals surface area (Å²) in [6, 6.07) is 4.67. The number of allylic oxidation sites excluding steroid dienone is 1. The third-order valence-electron chi connectivity index (χ3n) is 2.21. The maximum absolute atomic E-state index is 13.4. The van der Waals surface area contributed by atoms with Crippen LogP contribution in [0.2, 0.25) is 0 Å². The average molecular weight is 217 g/mol. The van der Waals surface area contributed by atoms with Crippen LogP contribution in [0.3, 0.4) is 0 Å². The number of para-hydroxylation sites is 1. The summed E-state index contributed by atoms with van der Waals surface area (Å²) in [4.78, 5) is 8.28. The molecule has 0 spiro atoms. The fraction of sp³-hybridized carbons (Fsp3) is 0.167. The van der Waals surface area contributed by atoms with Crippen LogP contribution < -0.4 is 5.73 Å². The molecule has 1 heterocycles. The predicted molar refractivity (Wildman–Crippen MR) is 63.2 cm³/mol. The van der Waals surface area contributed by atoms with Gasteiger partial charge in [0.25, 0.3) is 0 Å². The summed E-state index contributed by atoms with van der Waals surface area (Å²) in [6.45, 7) is 2.01. The minimum Gasteiger partial charge on any atom is -0.382 e. The quantitative estimate of drug-likeness (QED) is 0.841. The van der Waals surface area contributed by atoms with Crippen molar-refractivity contribution in [3.05, 3.63) is 35.8 Å². The van der Waals surface area contributed by atoms with Gasteiger partial charge in [0.05, 0.1) is 5.52 Å². The fourth-order valence-electron chi connectivity index (χ4n) is 1.42. The Labute approximate surface area is 92.8 Å². The van der Waals surface area contributed by atoms with Gasteiger partial charge in [0.15, 0.2) is 5.82 Å². The summed E-state index contributed by atoms with van der Waals surface area (Å²) in [7, 11) is 0. The van der Waals surface area contributed by atoms with E-state index in [0.29, 0.717) is 11.2 Å². The van der Waals surface area contributed by atoms with Gasteiger partial charge < -0.3 is 5.73 Å². The van der Waals surface area contributed by atoms with Gasteiger partial charge in [-0.25, -0.2) is 14.4 Å². The molecule has 3 nitrogen and oxygen atoms in total. The first kappa shape index (κ1) is 10.5. The molecule has 2 rings (SSSR count). The minimum atomic E-state index is -0.400. The second-order valence-corrected chi connectivity index (χ2v) is 3.41. The molecule has 0 saturated carbocycles. The lowest BCUT2D eigenvalue weighted by molar-refractivity contribution is 0.636. The van der Waals surface area contributed by atoms with E-state index >= 15 is 0 Å². The summed E-state index contributed by atoms with van der Waals surface area (Å²) >= 11 is 0. The predicted octanol–water partition coefficient (Wildman–Crippen LogP) is 2.77. The van der Waals surface area contributed by atoms with Crippen LogP contribution in [0, 0.1) is 5.82 Å². The number of aromatic nitrogens is 2. The van der Waals surface area contributed by atoms with E-state index in [0.717, 1.165) is 6.42 Å². The molecule has 0 radical (unpaired) electrons. The number of rotatable bonds is 2. The standard InChI is InChI=1S/C12H12FN3/c1-2-3-6-10-12(14)16-11-8(13)5-4-7-9(11)15-10/h3-7H,2H2,1H3,(H2,14,16)/b6-3+. The molecular weight excluding hydrogens is 205 g/mol. The Balaban J connectivity index is 2.63. The van der Waals surface area contributed by atoms with Gasteiger partial charge in [-0.2, -0.15) is 0 Å². The number of fused-ring (bicyclic) bond motifs is 1. The van der Waals surface area contributed by atoms with Crippen molar-refractivity contribution in [3.63, 3.8) is 0 Å². The Morgan fingerprint density at radius 2 is 2.19 bits per heavy atom. The molecule has 0 bridgehead atoms. The third kappa shape index (κ3) is 1.86. The second kappa shape index (κ2) is 4.26. The Kier molecular flexibility index (Phi) is 2.81. The van der Waals surface area contributed by atoms with Gasteiger partial charge in [0.1, 0.15) is 17.0 Å². The number of anilines is 1. The molecule has 0 saturated heterocycles. The topological polar surface area (TPSA) is 51.8 Å². The van der Waals surface area contributed by atoms with Gasteiger partial charge in [-0.1, -0.05) is 19.1 Å². The van der Waals surface area contributed by atoms with Gasteiger partial charge >= 0.3 is 0 Å². The molecule has 1 aromatic carbocycles. The van der Waals surface area contributed by atoms with Gasteiger partial charge in [-0.15, -0.1) is 0 Å². The van der Waals surface area contributed by atoms with E-state index in [2.05, 4.69) is 9.97 Å². The maximum atomic E-state index is 13.4. The number of hydrogen-bond acceptors (Lipinski definition) is 3. The zero-order valence-corrected chi connectivity index (χ0v) is 8.94. The van der Waals surface area contributed by atoms with E-state index in [1.807, 2.05) is 13.0 Å². The first-order chi connectivity index (χ1) is 7.72. The molecule has 16 heavy (non-hydrogen) atoms. The summed E-state index contributed by atoms with van der Waals surface area (Å²) in [5.41, 5.74) is 7.02. The maximum Gasteiger partial charge on any atom is 0.151 e. The highest BCUT2D eigenvalue weighted by atomic mass is 19.1. The zero-order chi connectivity index (χ0) is 11.5. The van der Waals surface area contributed by atoms with Gasteiger partial charge in [0.2, 0.25) is 0 Å². The number of benzene rings is 1. The minimum absolute atomic E-state index is 0.216. The van der Waals surface area contributed by atoms with E-state index in [9.17, 15) is 4.39 Å². The zero-order valence-electron chi connectivity index (χ0n) is 8.94. The van der Waals surface area contributed by atoms with Crippen LogP contribution in [-0.4, -0.2) is 9.97 Å². The van der Waals surface area contributed by atoms with Crippen molar-refractivity contribution < 1.29 is 4.39 Å². The Morgan fingerprint density at radius 1 is 1.38 bits per heavy atom. The number of nitrogens with two attached hydrogens (primary N) is 1. The van der Waals surface area contributed by atoms with Crippen LogP contribution in [0.5, 0.6) is 0 Å². The van der Waals surface area contributed by atoms with E-state index in [-0.39, 0.29) is 11.3 Å².